The van der Waals surface area contributed by atoms with Crippen molar-refractivity contribution in [3.63, 3.8) is 0 Å². The van der Waals surface area contributed by atoms with E-state index in [2.05, 4.69) is 20.2 Å². The number of pyridine rings is 1. The fourth-order valence-electron chi connectivity index (χ4n) is 4.48. The van der Waals surface area contributed by atoms with E-state index in [1.807, 2.05) is 0 Å². The molecule has 1 saturated heterocycles. The van der Waals surface area contributed by atoms with Crippen LogP contribution < -0.4 is 5.69 Å². The van der Waals surface area contributed by atoms with Crippen molar-refractivity contribution in [1.29, 1.82) is 0 Å². The van der Waals surface area contributed by atoms with E-state index in [1.54, 1.807) is 0 Å². The average Bonchev–Trinajstić information content (AvgIpc) is 3.51. The highest BCUT2D eigenvalue weighted by Crippen LogP contribution is 2.39. The van der Waals surface area contributed by atoms with Gasteiger partial charge in [0.15, 0.2) is 29.2 Å². The zero-order valence-corrected chi connectivity index (χ0v) is 23.8. The highest BCUT2D eigenvalue weighted by molar-refractivity contribution is 6.30. The second-order valence-electron chi connectivity index (χ2n) is 10.3. The van der Waals surface area contributed by atoms with Crippen LogP contribution in [0.25, 0.3) is 17.2 Å². The van der Waals surface area contributed by atoms with Gasteiger partial charge >= 0.3 is 24.2 Å². The molecule has 252 valence electrons. The summed E-state index contributed by atoms with van der Waals surface area (Å²) in [7, 11) is 0. The van der Waals surface area contributed by atoms with Gasteiger partial charge in [-0.3, -0.25) is 9.36 Å². The molecule has 47 heavy (non-hydrogen) atoms. The molecular formula is C25H18ClF9N8O4. The maximum Gasteiger partial charge on any atom is 0.420 e. The van der Waals surface area contributed by atoms with E-state index in [-0.39, 0.29) is 15.3 Å². The lowest BCUT2D eigenvalue weighted by Gasteiger charge is -2.46. The molecule has 0 aliphatic carbocycles. The first-order chi connectivity index (χ1) is 21.7. The Balaban J connectivity index is 1.59. The number of rotatable bonds is 7. The molecule has 4 aromatic rings. The van der Waals surface area contributed by atoms with Gasteiger partial charge in [-0.2, -0.15) is 44.2 Å². The number of nitrogens with zero attached hydrogens (tertiary/aromatic N) is 8. The quantitative estimate of drug-likeness (QED) is 0.280. The van der Waals surface area contributed by atoms with E-state index in [1.165, 1.54) is 24.3 Å². The molecule has 0 spiro atoms. The third-order valence-corrected chi connectivity index (χ3v) is 7.16. The third kappa shape index (κ3) is 6.54. The molecule has 1 aliphatic rings. The maximum atomic E-state index is 13.8. The van der Waals surface area contributed by atoms with E-state index in [9.17, 15) is 59.3 Å². The van der Waals surface area contributed by atoms with Crippen LogP contribution in [0.2, 0.25) is 5.02 Å². The summed E-state index contributed by atoms with van der Waals surface area (Å²) in [5, 5.41) is 27.4. The predicted molar refractivity (Wildman–Crippen MR) is 139 cm³/mol. The Morgan fingerprint density at radius 3 is 2.21 bits per heavy atom. The first-order valence-electron chi connectivity index (χ1n) is 12.9. The summed E-state index contributed by atoms with van der Waals surface area (Å²) < 4.78 is 122. The first-order valence-corrected chi connectivity index (χ1v) is 13.3. The van der Waals surface area contributed by atoms with Gasteiger partial charge < -0.3 is 15.1 Å². The fourth-order valence-corrected chi connectivity index (χ4v) is 4.60. The lowest BCUT2D eigenvalue weighted by molar-refractivity contribution is -0.294. The number of carbonyl (C=O) groups is 1. The number of alkyl halides is 9. The van der Waals surface area contributed by atoms with Crippen LogP contribution in [0, 0.1) is 0 Å². The van der Waals surface area contributed by atoms with Gasteiger partial charge in [0.1, 0.15) is 12.1 Å². The zero-order valence-electron chi connectivity index (χ0n) is 23.0. The zero-order chi connectivity index (χ0) is 34.7. The van der Waals surface area contributed by atoms with E-state index in [0.717, 1.165) is 12.3 Å². The summed E-state index contributed by atoms with van der Waals surface area (Å²) in [5.74, 6) is -4.45. The van der Waals surface area contributed by atoms with Gasteiger partial charge in [-0.1, -0.05) is 11.6 Å². The van der Waals surface area contributed by atoms with Gasteiger partial charge in [-0.25, -0.2) is 19.4 Å². The van der Waals surface area contributed by atoms with Crippen LogP contribution in [0.1, 0.15) is 22.0 Å². The molecule has 12 nitrogen and oxygen atoms in total. The van der Waals surface area contributed by atoms with Crippen LogP contribution in [-0.2, 0) is 19.3 Å². The summed E-state index contributed by atoms with van der Waals surface area (Å²) in [4.78, 5) is 34.3. The van der Waals surface area contributed by atoms with Gasteiger partial charge in [-0.15, -0.1) is 10.2 Å². The summed E-state index contributed by atoms with van der Waals surface area (Å²) >= 11 is 5.86. The number of aliphatic hydroxyl groups excluding tert-OH is 1. The lowest BCUT2D eigenvalue weighted by atomic mass is 9.93. The minimum absolute atomic E-state index is 0.0622. The Kier molecular flexibility index (Phi) is 8.38. The Morgan fingerprint density at radius 1 is 1.00 bits per heavy atom. The van der Waals surface area contributed by atoms with Crippen molar-refractivity contribution in [2.45, 2.75) is 43.3 Å². The van der Waals surface area contributed by atoms with Gasteiger partial charge in [0.25, 0.3) is 5.91 Å². The molecule has 1 fully saturated rings. The SMILES string of the molecule is O=C(c1nc(Cn2nc(-c3ccc(Cl)cc3)n(CC(O)C(F)(F)F)c2=O)nn1-c1ncccc1C(F)(F)F)N1CC(O)(C(F)(F)F)C1. The number of hydrogen-bond acceptors (Lipinski definition) is 8. The van der Waals surface area contributed by atoms with E-state index < -0.39 is 96.9 Å². The highest BCUT2D eigenvalue weighted by Gasteiger charge is 2.62. The summed E-state index contributed by atoms with van der Waals surface area (Å²) in [5.41, 5.74) is -5.94. The van der Waals surface area contributed by atoms with Crippen molar-refractivity contribution < 1.29 is 54.5 Å². The normalized spacial score (nSPS) is 15.9. The monoisotopic (exact) mass is 700 g/mol. The van der Waals surface area contributed by atoms with Gasteiger partial charge in [-0.05, 0) is 36.4 Å². The number of aromatic nitrogens is 7. The minimum Gasteiger partial charge on any atom is -0.382 e. The molecule has 0 saturated carbocycles. The molecule has 5 rings (SSSR count). The van der Waals surface area contributed by atoms with Crippen LogP contribution in [0.4, 0.5) is 39.5 Å². The molecule has 1 aliphatic heterocycles. The van der Waals surface area contributed by atoms with E-state index in [4.69, 9.17) is 11.6 Å². The van der Waals surface area contributed by atoms with Crippen molar-refractivity contribution in [2.75, 3.05) is 13.1 Å². The van der Waals surface area contributed by atoms with Gasteiger partial charge in [0, 0.05) is 16.8 Å². The van der Waals surface area contributed by atoms with Crippen LogP contribution >= 0.6 is 11.6 Å². The molecule has 4 heterocycles. The molecule has 2 N–H and O–H groups in total. The first kappa shape index (κ1) is 33.9. The Labute approximate surface area is 260 Å². The number of hydrogen-bond donors (Lipinski definition) is 2. The highest BCUT2D eigenvalue weighted by atomic mass is 35.5. The fraction of sp³-hybridized carbons (Fsp3) is 0.360. The second kappa shape index (κ2) is 11.6. The van der Waals surface area contributed by atoms with Crippen molar-refractivity contribution in [3.8, 4) is 17.2 Å². The number of halogens is 10. The van der Waals surface area contributed by atoms with E-state index in [0.29, 0.717) is 20.2 Å². The largest absolute Gasteiger partial charge is 0.420 e. The van der Waals surface area contributed by atoms with Crippen molar-refractivity contribution in [3.05, 3.63) is 75.3 Å². The predicted octanol–water partition coefficient (Wildman–Crippen LogP) is 3.08. The molecule has 3 aromatic heterocycles. The molecule has 1 amide bonds. The van der Waals surface area contributed by atoms with Crippen LogP contribution in [0.5, 0.6) is 0 Å². The lowest BCUT2D eigenvalue weighted by Crippen LogP contribution is -2.70. The Morgan fingerprint density at radius 2 is 1.64 bits per heavy atom. The third-order valence-electron chi connectivity index (χ3n) is 6.90. The molecule has 0 bridgehead atoms. The number of amides is 1. The minimum atomic E-state index is -5.15. The van der Waals surface area contributed by atoms with Crippen LogP contribution in [0.15, 0.2) is 47.4 Å². The summed E-state index contributed by atoms with van der Waals surface area (Å²) in [6.07, 6.45) is -17.5. The van der Waals surface area contributed by atoms with Crippen molar-refractivity contribution in [2.24, 2.45) is 0 Å². The molecule has 22 heteroatoms. The molecule has 1 atom stereocenters. The standard InChI is InChI=1S/C25H18ClF9N8O4/c26-13-5-3-12(4-6-13)17-39-42(21(46)41(17)8-15(44)24(30,31)32)9-16-37-19(20(45)40-10-22(47,11-40)25(33,34)35)43(38-16)18-14(23(27,28)29)2-1-7-36-18/h1-7,15,44,47H,8-11H2. The van der Waals surface area contributed by atoms with Gasteiger partial charge in [0.05, 0.1) is 19.6 Å². The van der Waals surface area contributed by atoms with Crippen LogP contribution in [-0.4, -0.2) is 92.3 Å². The summed E-state index contributed by atoms with van der Waals surface area (Å²) in [6.45, 7) is -4.79. The molecule has 0 radical (unpaired) electrons. The molecular weight excluding hydrogens is 683 g/mol. The topological polar surface area (TPSA) is 144 Å². The second-order valence-corrected chi connectivity index (χ2v) is 10.7. The smallest absolute Gasteiger partial charge is 0.382 e. The van der Waals surface area contributed by atoms with Crippen molar-refractivity contribution >= 4 is 17.5 Å². The number of benzene rings is 1. The average molecular weight is 701 g/mol. The van der Waals surface area contributed by atoms with Crippen LogP contribution in [0.3, 0.4) is 0 Å². The number of likely N-dealkylation sites (tertiary alicyclic amines) is 1. The molecule has 1 aromatic carbocycles. The van der Waals surface area contributed by atoms with Gasteiger partial charge in [0.2, 0.25) is 5.82 Å². The summed E-state index contributed by atoms with van der Waals surface area (Å²) in [6, 6.07) is 6.72. The number of aliphatic hydroxyl groups is 2. The Hall–Kier alpha value is -4.50. The number of carbonyl (C=O) groups excluding carboxylic acids is 1. The van der Waals surface area contributed by atoms with E-state index >= 15 is 0 Å². The number of β-amino-alcohol motifs (C(OH)–C–C–N with tert-alkyl or cyclic N) is 1. The molecule has 1 unspecified atom stereocenters. The van der Waals surface area contributed by atoms with Crippen molar-refractivity contribution in [1.82, 2.24) is 39.0 Å². The Bertz CT molecular complexity index is 1860. The maximum absolute atomic E-state index is 13.8.